The van der Waals surface area contributed by atoms with Crippen molar-refractivity contribution in [3.8, 4) is 11.6 Å². The summed E-state index contributed by atoms with van der Waals surface area (Å²) >= 11 is 3.34. The van der Waals surface area contributed by atoms with E-state index in [4.69, 9.17) is 10.6 Å². The minimum absolute atomic E-state index is 0.303. The minimum atomic E-state index is 0.303. The predicted molar refractivity (Wildman–Crippen MR) is 78.1 cm³/mol. The van der Waals surface area contributed by atoms with Gasteiger partial charge in [-0.2, -0.15) is 4.98 Å². The summed E-state index contributed by atoms with van der Waals surface area (Å²) in [5.74, 6) is 7.20. The van der Waals surface area contributed by atoms with Crippen LogP contribution in [0, 0.1) is 0 Å². The minimum Gasteiger partial charge on any atom is -0.438 e. The molecule has 0 amide bonds. The lowest BCUT2D eigenvalue weighted by molar-refractivity contribution is 0.458. The Hall–Kier alpha value is -1.66. The number of ether oxygens (including phenoxy) is 1. The highest BCUT2D eigenvalue weighted by Gasteiger charge is 2.07. The average molecular weight is 323 g/mol. The van der Waals surface area contributed by atoms with Gasteiger partial charge >= 0.3 is 0 Å². The molecule has 1 heterocycles. The van der Waals surface area contributed by atoms with Gasteiger partial charge in [-0.15, -0.1) is 0 Å². The Bertz CT molecular complexity index is 557. The van der Waals surface area contributed by atoms with Crippen molar-refractivity contribution in [3.63, 3.8) is 0 Å². The molecular weight excluding hydrogens is 308 g/mol. The number of hydrogen-bond acceptors (Lipinski definition) is 5. The number of anilines is 1. The molecule has 0 fully saturated rings. The van der Waals surface area contributed by atoms with Gasteiger partial charge in [0.1, 0.15) is 5.75 Å². The molecule has 6 heteroatoms. The summed E-state index contributed by atoms with van der Waals surface area (Å²) in [5.41, 5.74) is 3.64. The van der Waals surface area contributed by atoms with Crippen LogP contribution in [0.5, 0.6) is 11.6 Å². The number of benzene rings is 1. The third kappa shape index (κ3) is 3.42. The Morgan fingerprint density at radius 1 is 1.26 bits per heavy atom. The Labute approximate surface area is 120 Å². The number of aromatic nitrogens is 2. The molecular formula is C13H15BrN4O. The number of nitrogens with two attached hydrogens (primary N) is 1. The van der Waals surface area contributed by atoms with E-state index in [1.54, 1.807) is 6.20 Å². The second-order valence-electron chi connectivity index (χ2n) is 4.32. The second kappa shape index (κ2) is 5.99. The number of nitrogens with one attached hydrogen (secondary N) is 1. The van der Waals surface area contributed by atoms with Crippen LogP contribution in [0.3, 0.4) is 0 Å². The standard InChI is InChI=1S/C13H15BrN4O/c1-8(2)9-3-5-10(6-4-9)19-12-11(14)7-16-13(17-12)18-15/h3-8H,15H2,1-2H3,(H,16,17,18). The number of hydrazine groups is 1. The Kier molecular flexibility index (Phi) is 4.34. The van der Waals surface area contributed by atoms with Crippen LogP contribution in [0.2, 0.25) is 0 Å². The zero-order chi connectivity index (χ0) is 13.8. The summed E-state index contributed by atoms with van der Waals surface area (Å²) in [5, 5.41) is 0. The van der Waals surface area contributed by atoms with Crippen molar-refractivity contribution in [2.75, 3.05) is 5.43 Å². The van der Waals surface area contributed by atoms with Gasteiger partial charge < -0.3 is 4.74 Å². The monoisotopic (exact) mass is 322 g/mol. The third-order valence-corrected chi connectivity index (χ3v) is 3.15. The number of nitrogen functional groups attached to an aromatic ring is 1. The van der Waals surface area contributed by atoms with Gasteiger partial charge in [0, 0.05) is 0 Å². The van der Waals surface area contributed by atoms with Crippen molar-refractivity contribution in [3.05, 3.63) is 40.5 Å². The molecule has 1 aromatic carbocycles. The molecule has 0 aliphatic rings. The maximum Gasteiger partial charge on any atom is 0.240 e. The zero-order valence-electron chi connectivity index (χ0n) is 10.7. The quantitative estimate of drug-likeness (QED) is 0.666. The van der Waals surface area contributed by atoms with E-state index in [2.05, 4.69) is 45.2 Å². The van der Waals surface area contributed by atoms with Crippen LogP contribution in [0.15, 0.2) is 34.9 Å². The summed E-state index contributed by atoms with van der Waals surface area (Å²) in [6.45, 7) is 4.30. The average Bonchev–Trinajstić information content (AvgIpc) is 2.42. The first-order chi connectivity index (χ1) is 9.10. The van der Waals surface area contributed by atoms with Gasteiger partial charge in [0.15, 0.2) is 0 Å². The molecule has 0 radical (unpaired) electrons. The van der Waals surface area contributed by atoms with Crippen LogP contribution in [0.1, 0.15) is 25.3 Å². The van der Waals surface area contributed by atoms with Crippen LogP contribution >= 0.6 is 15.9 Å². The van der Waals surface area contributed by atoms with E-state index in [0.717, 1.165) is 0 Å². The van der Waals surface area contributed by atoms with Gasteiger partial charge in [0.2, 0.25) is 11.8 Å². The number of nitrogens with zero attached hydrogens (tertiary/aromatic N) is 2. The van der Waals surface area contributed by atoms with Gasteiger partial charge in [0.25, 0.3) is 0 Å². The van der Waals surface area contributed by atoms with Gasteiger partial charge in [-0.05, 0) is 39.5 Å². The largest absolute Gasteiger partial charge is 0.438 e. The first kappa shape index (κ1) is 13.8. The van der Waals surface area contributed by atoms with Crippen molar-refractivity contribution < 1.29 is 4.74 Å². The maximum atomic E-state index is 5.69. The van der Waals surface area contributed by atoms with E-state index in [0.29, 0.717) is 28.0 Å². The molecule has 5 nitrogen and oxygen atoms in total. The van der Waals surface area contributed by atoms with Gasteiger partial charge in [-0.25, -0.2) is 10.8 Å². The van der Waals surface area contributed by atoms with E-state index < -0.39 is 0 Å². The number of hydrogen-bond donors (Lipinski definition) is 2. The molecule has 2 rings (SSSR count). The van der Waals surface area contributed by atoms with Crippen molar-refractivity contribution >= 4 is 21.9 Å². The van der Waals surface area contributed by atoms with Crippen LogP contribution < -0.4 is 16.0 Å². The summed E-state index contributed by atoms with van der Waals surface area (Å²) < 4.78 is 6.36. The second-order valence-corrected chi connectivity index (χ2v) is 5.17. The van der Waals surface area contributed by atoms with E-state index >= 15 is 0 Å². The van der Waals surface area contributed by atoms with Crippen molar-refractivity contribution in [1.82, 2.24) is 9.97 Å². The fourth-order valence-corrected chi connectivity index (χ4v) is 1.80. The van der Waals surface area contributed by atoms with Crippen LogP contribution in [-0.4, -0.2) is 9.97 Å². The van der Waals surface area contributed by atoms with Gasteiger partial charge in [0.05, 0.1) is 10.7 Å². The molecule has 1 aromatic heterocycles. The zero-order valence-corrected chi connectivity index (χ0v) is 12.3. The normalized spacial score (nSPS) is 10.6. The van der Waals surface area contributed by atoms with Crippen molar-refractivity contribution in [1.29, 1.82) is 0 Å². The molecule has 0 aliphatic heterocycles. The Morgan fingerprint density at radius 3 is 2.53 bits per heavy atom. The lowest BCUT2D eigenvalue weighted by Gasteiger charge is -2.09. The molecule has 0 bridgehead atoms. The van der Waals surface area contributed by atoms with Crippen molar-refractivity contribution in [2.24, 2.45) is 5.84 Å². The molecule has 0 saturated heterocycles. The SMILES string of the molecule is CC(C)c1ccc(Oc2nc(NN)ncc2Br)cc1. The molecule has 0 spiro atoms. The summed E-state index contributed by atoms with van der Waals surface area (Å²) in [7, 11) is 0. The van der Waals surface area contributed by atoms with Crippen molar-refractivity contribution in [2.45, 2.75) is 19.8 Å². The number of rotatable bonds is 4. The van der Waals surface area contributed by atoms with Crippen LogP contribution in [-0.2, 0) is 0 Å². The van der Waals surface area contributed by atoms with Gasteiger partial charge in [-0.1, -0.05) is 26.0 Å². The van der Waals surface area contributed by atoms with E-state index in [-0.39, 0.29) is 0 Å². The predicted octanol–water partition coefficient (Wildman–Crippen LogP) is 3.44. The smallest absolute Gasteiger partial charge is 0.240 e. The highest BCUT2D eigenvalue weighted by Crippen LogP contribution is 2.28. The molecule has 3 N–H and O–H groups in total. The summed E-state index contributed by atoms with van der Waals surface area (Å²) in [6.07, 6.45) is 1.58. The summed E-state index contributed by atoms with van der Waals surface area (Å²) in [6, 6.07) is 7.91. The van der Waals surface area contributed by atoms with Crippen LogP contribution in [0.25, 0.3) is 0 Å². The Morgan fingerprint density at radius 2 is 1.95 bits per heavy atom. The van der Waals surface area contributed by atoms with Gasteiger partial charge in [-0.3, -0.25) is 5.43 Å². The first-order valence-corrected chi connectivity index (χ1v) is 6.66. The Balaban J connectivity index is 2.20. The molecule has 0 atom stereocenters. The summed E-state index contributed by atoms with van der Waals surface area (Å²) in [4.78, 5) is 8.09. The van der Waals surface area contributed by atoms with E-state index in [1.165, 1.54) is 5.56 Å². The molecule has 0 saturated carbocycles. The highest BCUT2D eigenvalue weighted by atomic mass is 79.9. The molecule has 100 valence electrons. The topological polar surface area (TPSA) is 73.1 Å². The molecule has 2 aromatic rings. The third-order valence-electron chi connectivity index (χ3n) is 2.60. The fraction of sp³-hybridized carbons (Fsp3) is 0.231. The molecule has 19 heavy (non-hydrogen) atoms. The fourth-order valence-electron chi connectivity index (χ4n) is 1.53. The van der Waals surface area contributed by atoms with E-state index in [1.807, 2.05) is 24.3 Å². The lowest BCUT2D eigenvalue weighted by Crippen LogP contribution is -2.10. The van der Waals surface area contributed by atoms with E-state index in [9.17, 15) is 0 Å². The van der Waals surface area contributed by atoms with Crippen LogP contribution in [0.4, 0.5) is 5.95 Å². The first-order valence-electron chi connectivity index (χ1n) is 5.87. The number of halogens is 1. The lowest BCUT2D eigenvalue weighted by atomic mass is 10.0. The molecule has 0 unspecified atom stereocenters. The molecule has 0 aliphatic carbocycles. The maximum absolute atomic E-state index is 5.69. The highest BCUT2D eigenvalue weighted by molar-refractivity contribution is 9.10.